The summed E-state index contributed by atoms with van der Waals surface area (Å²) in [5.74, 6) is 3.19. The highest BCUT2D eigenvalue weighted by atomic mass is 35.5. The van der Waals surface area contributed by atoms with Crippen LogP contribution in [0.1, 0.15) is 0 Å². The summed E-state index contributed by atoms with van der Waals surface area (Å²) in [5.41, 5.74) is 0. The van der Waals surface area contributed by atoms with Gasteiger partial charge in [-0.3, -0.25) is 0 Å². The molecule has 0 unspecified atom stereocenters. The molecule has 0 saturated heterocycles. The van der Waals surface area contributed by atoms with Crippen LogP contribution >= 0.6 is 23.4 Å². The van der Waals surface area contributed by atoms with E-state index in [1.165, 1.54) is 0 Å². The maximum absolute atomic E-state index is 5.63. The topological polar surface area (TPSA) is 18.5 Å². The molecular formula is C10H13ClO2S. The van der Waals surface area contributed by atoms with Crippen molar-refractivity contribution in [2.45, 2.75) is 4.90 Å². The molecule has 0 aliphatic heterocycles. The molecule has 0 atom stereocenters. The van der Waals surface area contributed by atoms with Crippen LogP contribution in [-0.4, -0.2) is 25.9 Å². The van der Waals surface area contributed by atoms with Crippen molar-refractivity contribution in [1.82, 2.24) is 0 Å². The third kappa shape index (κ3) is 3.00. The van der Waals surface area contributed by atoms with Crippen molar-refractivity contribution in [2.75, 3.05) is 25.9 Å². The first kappa shape index (κ1) is 11.5. The first-order valence-electron chi connectivity index (χ1n) is 4.22. The zero-order chi connectivity index (χ0) is 10.4. The quantitative estimate of drug-likeness (QED) is 0.574. The number of methoxy groups -OCH3 is 2. The zero-order valence-electron chi connectivity index (χ0n) is 8.25. The lowest BCUT2D eigenvalue weighted by molar-refractivity contribution is 0.394. The van der Waals surface area contributed by atoms with Crippen molar-refractivity contribution in [1.29, 1.82) is 0 Å². The van der Waals surface area contributed by atoms with E-state index in [4.69, 9.17) is 21.1 Å². The predicted octanol–water partition coefficient (Wildman–Crippen LogP) is 3.03. The van der Waals surface area contributed by atoms with Gasteiger partial charge in [-0.25, -0.2) is 0 Å². The predicted molar refractivity (Wildman–Crippen MR) is 61.0 cm³/mol. The van der Waals surface area contributed by atoms with E-state index in [1.807, 2.05) is 18.2 Å². The van der Waals surface area contributed by atoms with Crippen LogP contribution in [0.15, 0.2) is 23.1 Å². The molecule has 0 spiro atoms. The van der Waals surface area contributed by atoms with Crippen LogP contribution in [0, 0.1) is 0 Å². The van der Waals surface area contributed by atoms with Crippen LogP contribution in [0.4, 0.5) is 0 Å². The highest BCUT2D eigenvalue weighted by molar-refractivity contribution is 7.99. The molecule has 0 heterocycles. The summed E-state index contributed by atoms with van der Waals surface area (Å²) in [6.45, 7) is 0. The molecular weight excluding hydrogens is 220 g/mol. The Morgan fingerprint density at radius 3 is 2.64 bits per heavy atom. The van der Waals surface area contributed by atoms with Gasteiger partial charge in [0.15, 0.2) is 0 Å². The third-order valence-corrected chi connectivity index (χ3v) is 3.16. The fourth-order valence-electron chi connectivity index (χ4n) is 1.05. The Labute approximate surface area is 93.5 Å². The summed E-state index contributed by atoms with van der Waals surface area (Å²) in [4.78, 5) is 1.06. The van der Waals surface area contributed by atoms with Gasteiger partial charge in [0.2, 0.25) is 0 Å². The van der Waals surface area contributed by atoms with Crippen molar-refractivity contribution in [3.05, 3.63) is 18.2 Å². The molecule has 0 radical (unpaired) electrons. The highest BCUT2D eigenvalue weighted by Crippen LogP contribution is 2.32. The largest absolute Gasteiger partial charge is 0.497 e. The fourth-order valence-corrected chi connectivity index (χ4v) is 2.07. The molecule has 4 heteroatoms. The summed E-state index contributed by atoms with van der Waals surface area (Å²) < 4.78 is 10.4. The van der Waals surface area contributed by atoms with Crippen LogP contribution in [0.5, 0.6) is 11.5 Å². The number of rotatable bonds is 5. The summed E-state index contributed by atoms with van der Waals surface area (Å²) in [7, 11) is 3.31. The van der Waals surface area contributed by atoms with Crippen LogP contribution in [0.3, 0.4) is 0 Å². The summed E-state index contributed by atoms with van der Waals surface area (Å²) in [6, 6.07) is 5.73. The van der Waals surface area contributed by atoms with Crippen molar-refractivity contribution < 1.29 is 9.47 Å². The number of hydrogen-bond donors (Lipinski definition) is 0. The lowest BCUT2D eigenvalue weighted by Gasteiger charge is -2.08. The van der Waals surface area contributed by atoms with Gasteiger partial charge in [-0.15, -0.1) is 23.4 Å². The molecule has 1 aromatic carbocycles. The summed E-state index contributed by atoms with van der Waals surface area (Å²) in [6.07, 6.45) is 0. The van der Waals surface area contributed by atoms with E-state index in [1.54, 1.807) is 26.0 Å². The van der Waals surface area contributed by atoms with Crippen LogP contribution < -0.4 is 9.47 Å². The molecule has 1 aromatic rings. The molecule has 0 aromatic heterocycles. The van der Waals surface area contributed by atoms with E-state index in [-0.39, 0.29) is 0 Å². The maximum Gasteiger partial charge on any atom is 0.132 e. The molecule has 0 aliphatic carbocycles. The molecule has 2 nitrogen and oxygen atoms in total. The first-order chi connectivity index (χ1) is 6.81. The van der Waals surface area contributed by atoms with E-state index in [0.717, 1.165) is 22.1 Å². The second-order valence-corrected chi connectivity index (χ2v) is 4.07. The van der Waals surface area contributed by atoms with Crippen LogP contribution in [0.2, 0.25) is 0 Å². The number of benzene rings is 1. The minimum absolute atomic E-state index is 0.630. The van der Waals surface area contributed by atoms with Gasteiger partial charge in [0.05, 0.1) is 19.1 Å². The maximum atomic E-state index is 5.63. The van der Waals surface area contributed by atoms with E-state index in [9.17, 15) is 0 Å². The summed E-state index contributed by atoms with van der Waals surface area (Å²) in [5, 5.41) is 0. The Kier molecular flexibility index (Phi) is 4.98. The molecule has 78 valence electrons. The summed E-state index contributed by atoms with van der Waals surface area (Å²) >= 11 is 7.29. The van der Waals surface area contributed by atoms with E-state index in [0.29, 0.717) is 5.88 Å². The lowest BCUT2D eigenvalue weighted by Crippen LogP contribution is -1.90. The number of halogens is 1. The van der Waals surface area contributed by atoms with Gasteiger partial charge in [0.25, 0.3) is 0 Å². The Morgan fingerprint density at radius 1 is 1.29 bits per heavy atom. The Hall–Kier alpha value is -0.540. The lowest BCUT2D eigenvalue weighted by atomic mass is 10.3. The molecule has 0 saturated carbocycles. The van der Waals surface area contributed by atoms with Crippen LogP contribution in [-0.2, 0) is 0 Å². The van der Waals surface area contributed by atoms with Gasteiger partial charge < -0.3 is 9.47 Å². The van der Waals surface area contributed by atoms with Gasteiger partial charge in [-0.05, 0) is 18.2 Å². The molecule has 0 aliphatic rings. The van der Waals surface area contributed by atoms with Crippen molar-refractivity contribution in [3.8, 4) is 11.5 Å². The van der Waals surface area contributed by atoms with Crippen molar-refractivity contribution >= 4 is 23.4 Å². The van der Waals surface area contributed by atoms with Gasteiger partial charge in [-0.2, -0.15) is 0 Å². The van der Waals surface area contributed by atoms with Gasteiger partial charge in [0, 0.05) is 11.6 Å². The smallest absolute Gasteiger partial charge is 0.132 e. The van der Waals surface area contributed by atoms with Gasteiger partial charge >= 0.3 is 0 Å². The Morgan fingerprint density at radius 2 is 2.07 bits per heavy atom. The second kappa shape index (κ2) is 6.04. The molecule has 0 amide bonds. The Bertz CT molecular complexity index is 291. The molecule has 14 heavy (non-hydrogen) atoms. The Balaban J connectivity index is 2.84. The number of thioether (sulfide) groups is 1. The normalized spacial score (nSPS) is 9.93. The average Bonchev–Trinajstić information content (AvgIpc) is 2.25. The zero-order valence-corrected chi connectivity index (χ0v) is 9.82. The number of ether oxygens (including phenoxy) is 2. The number of hydrogen-bond acceptors (Lipinski definition) is 3. The highest BCUT2D eigenvalue weighted by Gasteiger charge is 2.04. The van der Waals surface area contributed by atoms with Crippen molar-refractivity contribution in [3.63, 3.8) is 0 Å². The number of alkyl halides is 1. The van der Waals surface area contributed by atoms with E-state index >= 15 is 0 Å². The minimum Gasteiger partial charge on any atom is -0.497 e. The van der Waals surface area contributed by atoms with Gasteiger partial charge in [-0.1, -0.05) is 0 Å². The van der Waals surface area contributed by atoms with Gasteiger partial charge in [0.1, 0.15) is 11.5 Å². The fraction of sp³-hybridized carbons (Fsp3) is 0.400. The average molecular weight is 233 g/mol. The SMILES string of the molecule is COc1ccc(OC)c(SCCCl)c1. The monoisotopic (exact) mass is 232 g/mol. The van der Waals surface area contributed by atoms with E-state index in [2.05, 4.69) is 0 Å². The van der Waals surface area contributed by atoms with E-state index < -0.39 is 0 Å². The molecule has 0 fully saturated rings. The van der Waals surface area contributed by atoms with Crippen molar-refractivity contribution in [2.24, 2.45) is 0 Å². The molecule has 0 N–H and O–H groups in total. The standard InChI is InChI=1S/C10H13ClO2S/c1-12-8-3-4-9(13-2)10(7-8)14-6-5-11/h3-4,7H,5-6H2,1-2H3. The third-order valence-electron chi connectivity index (χ3n) is 1.71. The minimum atomic E-state index is 0.630. The second-order valence-electron chi connectivity index (χ2n) is 2.55. The first-order valence-corrected chi connectivity index (χ1v) is 5.74. The molecule has 0 bridgehead atoms. The molecule has 1 rings (SSSR count). The van der Waals surface area contributed by atoms with Crippen LogP contribution in [0.25, 0.3) is 0 Å².